The Labute approximate surface area is 191 Å². The number of piperidine rings is 1. The summed E-state index contributed by atoms with van der Waals surface area (Å²) in [6.07, 6.45) is 4.50. The summed E-state index contributed by atoms with van der Waals surface area (Å²) in [6, 6.07) is 6.27. The maximum atomic E-state index is 13.0. The molecule has 2 aliphatic heterocycles. The van der Waals surface area contributed by atoms with E-state index >= 15 is 0 Å². The maximum absolute atomic E-state index is 13.0. The summed E-state index contributed by atoms with van der Waals surface area (Å²) >= 11 is 1.36. The molecule has 8 nitrogen and oxygen atoms in total. The quantitative estimate of drug-likeness (QED) is 0.649. The minimum atomic E-state index is -3.40. The molecule has 1 spiro atoms. The normalized spacial score (nSPS) is 24.8. The minimum Gasteiger partial charge on any atom is -0.390 e. The maximum Gasteiger partial charge on any atom is 0.240 e. The SMILES string of the molecule is CS(=O)(=O)N1CCC[C@@]12CCN(CC(=O)Nc1ncc(Cc3ccc(F)cc3)s1)C[C@@H]2O. The van der Waals surface area contributed by atoms with Gasteiger partial charge in [-0.25, -0.2) is 17.8 Å². The smallest absolute Gasteiger partial charge is 0.240 e. The van der Waals surface area contributed by atoms with E-state index in [1.54, 1.807) is 18.3 Å². The number of nitrogens with one attached hydrogen (secondary N) is 1. The van der Waals surface area contributed by atoms with Gasteiger partial charge >= 0.3 is 0 Å². The number of carbonyl (C=O) groups excluding carboxylic acids is 1. The van der Waals surface area contributed by atoms with E-state index in [1.807, 2.05) is 4.90 Å². The molecular weight excluding hydrogens is 455 g/mol. The Morgan fingerprint density at radius 3 is 2.75 bits per heavy atom. The Balaban J connectivity index is 1.31. The van der Waals surface area contributed by atoms with Gasteiger partial charge in [0.15, 0.2) is 5.13 Å². The van der Waals surface area contributed by atoms with Gasteiger partial charge in [0.05, 0.1) is 24.4 Å². The molecule has 2 aliphatic rings. The van der Waals surface area contributed by atoms with Gasteiger partial charge in [0.1, 0.15) is 5.82 Å². The highest BCUT2D eigenvalue weighted by Gasteiger charge is 2.52. The third-order valence-electron chi connectivity index (χ3n) is 6.24. The number of sulfonamides is 1. The van der Waals surface area contributed by atoms with Gasteiger partial charge in [0, 0.05) is 37.1 Å². The molecule has 174 valence electrons. The van der Waals surface area contributed by atoms with Crippen molar-refractivity contribution in [2.75, 3.05) is 37.8 Å². The van der Waals surface area contributed by atoms with Crippen LogP contribution in [-0.4, -0.2) is 77.7 Å². The standard InChI is InChI=1S/C21H27FN4O4S2/c1-32(29,30)26-9-2-7-21(26)8-10-25(13-18(21)27)14-19(28)24-20-23-12-17(31-20)11-15-3-5-16(22)6-4-15/h3-6,12,18,27H,2,7-11,13-14H2,1H3,(H,23,24,28)/t18-,21-/m0/s1. The van der Waals surface area contributed by atoms with E-state index in [4.69, 9.17) is 0 Å². The fourth-order valence-corrected chi connectivity index (χ4v) is 7.02. The molecule has 2 fully saturated rings. The molecule has 2 saturated heterocycles. The summed E-state index contributed by atoms with van der Waals surface area (Å²) in [6.45, 7) is 1.30. The van der Waals surface area contributed by atoms with E-state index < -0.39 is 21.7 Å². The first-order valence-corrected chi connectivity index (χ1v) is 13.2. The molecule has 3 heterocycles. The number of hydrogen-bond acceptors (Lipinski definition) is 7. The second kappa shape index (κ2) is 9.14. The molecule has 4 rings (SSSR count). The van der Waals surface area contributed by atoms with Crippen LogP contribution in [0.1, 0.15) is 29.7 Å². The predicted molar refractivity (Wildman–Crippen MR) is 121 cm³/mol. The second-order valence-electron chi connectivity index (χ2n) is 8.53. The van der Waals surface area contributed by atoms with Crippen LogP contribution in [-0.2, 0) is 21.2 Å². The first-order chi connectivity index (χ1) is 15.2. The molecule has 2 N–H and O–H groups in total. The Morgan fingerprint density at radius 1 is 1.31 bits per heavy atom. The molecule has 0 unspecified atom stereocenters. The van der Waals surface area contributed by atoms with E-state index in [0.29, 0.717) is 37.5 Å². The first kappa shape index (κ1) is 23.2. The van der Waals surface area contributed by atoms with Crippen LogP contribution in [0.4, 0.5) is 9.52 Å². The van der Waals surface area contributed by atoms with Crippen LogP contribution in [0.25, 0.3) is 0 Å². The molecule has 2 atom stereocenters. The minimum absolute atomic E-state index is 0.0961. The number of thiazole rings is 1. The van der Waals surface area contributed by atoms with Crippen LogP contribution in [0, 0.1) is 5.82 Å². The Hall–Kier alpha value is -1.92. The number of anilines is 1. The van der Waals surface area contributed by atoms with Crippen LogP contribution in [0.3, 0.4) is 0 Å². The monoisotopic (exact) mass is 482 g/mol. The summed E-state index contributed by atoms with van der Waals surface area (Å²) in [4.78, 5) is 19.5. The van der Waals surface area contributed by atoms with Gasteiger partial charge in [0.25, 0.3) is 0 Å². The molecular formula is C21H27FN4O4S2. The van der Waals surface area contributed by atoms with Crippen LogP contribution >= 0.6 is 11.3 Å². The summed E-state index contributed by atoms with van der Waals surface area (Å²) < 4.78 is 38.8. The average Bonchev–Trinajstić information content (AvgIpc) is 3.34. The van der Waals surface area contributed by atoms with Gasteiger partial charge in [0.2, 0.25) is 15.9 Å². The third kappa shape index (κ3) is 5.01. The lowest BCUT2D eigenvalue weighted by Crippen LogP contribution is -2.63. The molecule has 11 heteroatoms. The summed E-state index contributed by atoms with van der Waals surface area (Å²) in [7, 11) is -3.40. The number of carbonyl (C=O) groups is 1. The number of nitrogens with zero attached hydrogens (tertiary/aromatic N) is 3. The van der Waals surface area contributed by atoms with Crippen molar-refractivity contribution in [1.29, 1.82) is 0 Å². The highest BCUT2D eigenvalue weighted by molar-refractivity contribution is 7.88. The van der Waals surface area contributed by atoms with Crippen LogP contribution in [0.2, 0.25) is 0 Å². The van der Waals surface area contributed by atoms with Crippen molar-refractivity contribution < 1.29 is 22.7 Å². The number of hydrogen-bond donors (Lipinski definition) is 2. The number of aliphatic hydroxyl groups is 1. The Bertz CT molecular complexity index is 1080. The number of likely N-dealkylation sites (tertiary alicyclic amines) is 1. The van der Waals surface area contributed by atoms with Gasteiger partial charge in [-0.1, -0.05) is 12.1 Å². The zero-order valence-corrected chi connectivity index (χ0v) is 19.5. The van der Waals surface area contributed by atoms with Crippen molar-refractivity contribution in [3.63, 3.8) is 0 Å². The average molecular weight is 483 g/mol. The molecule has 1 aromatic heterocycles. The summed E-state index contributed by atoms with van der Waals surface area (Å²) in [5.74, 6) is -0.515. The number of β-amino-alcohol motifs (C(OH)–C–C–N with tert-alkyl or cyclic N) is 1. The Morgan fingerprint density at radius 2 is 2.06 bits per heavy atom. The third-order valence-corrected chi connectivity index (χ3v) is 8.50. The van der Waals surface area contributed by atoms with Gasteiger partial charge < -0.3 is 10.4 Å². The van der Waals surface area contributed by atoms with E-state index in [0.717, 1.165) is 16.9 Å². The summed E-state index contributed by atoms with van der Waals surface area (Å²) in [5, 5.41) is 14.1. The van der Waals surface area contributed by atoms with Crippen molar-refractivity contribution in [2.45, 2.75) is 37.3 Å². The van der Waals surface area contributed by atoms with E-state index in [1.165, 1.54) is 34.0 Å². The number of benzene rings is 1. The topological polar surface area (TPSA) is 103 Å². The predicted octanol–water partition coefficient (Wildman–Crippen LogP) is 1.67. The molecule has 0 saturated carbocycles. The number of rotatable bonds is 6. The van der Waals surface area contributed by atoms with Crippen LogP contribution in [0.15, 0.2) is 30.5 Å². The zero-order chi connectivity index (χ0) is 22.9. The molecule has 0 radical (unpaired) electrons. The number of halogens is 1. The first-order valence-electron chi connectivity index (χ1n) is 10.5. The fourth-order valence-electron chi connectivity index (χ4n) is 4.73. The zero-order valence-electron chi connectivity index (χ0n) is 17.8. The van der Waals surface area contributed by atoms with Crippen molar-refractivity contribution in [3.8, 4) is 0 Å². The molecule has 0 bridgehead atoms. The molecule has 32 heavy (non-hydrogen) atoms. The van der Waals surface area contributed by atoms with E-state index in [-0.39, 0.29) is 24.8 Å². The Kier molecular flexibility index (Phi) is 6.64. The number of amides is 1. The second-order valence-corrected chi connectivity index (χ2v) is 11.5. The lowest BCUT2D eigenvalue weighted by atomic mass is 9.83. The number of aliphatic hydroxyl groups excluding tert-OH is 1. The summed E-state index contributed by atoms with van der Waals surface area (Å²) in [5.41, 5.74) is 0.199. The highest BCUT2D eigenvalue weighted by atomic mass is 32.2. The molecule has 1 amide bonds. The van der Waals surface area contributed by atoms with Crippen molar-refractivity contribution in [1.82, 2.24) is 14.2 Å². The van der Waals surface area contributed by atoms with Crippen molar-refractivity contribution in [3.05, 3.63) is 46.7 Å². The van der Waals surface area contributed by atoms with E-state index in [9.17, 15) is 22.7 Å². The van der Waals surface area contributed by atoms with Gasteiger partial charge in [-0.3, -0.25) is 9.69 Å². The lowest BCUT2D eigenvalue weighted by Gasteiger charge is -2.47. The number of aromatic nitrogens is 1. The lowest BCUT2D eigenvalue weighted by molar-refractivity contribution is -0.119. The van der Waals surface area contributed by atoms with Gasteiger partial charge in [-0.2, -0.15) is 4.31 Å². The van der Waals surface area contributed by atoms with Crippen LogP contribution in [0.5, 0.6) is 0 Å². The molecule has 1 aromatic carbocycles. The van der Waals surface area contributed by atoms with Crippen LogP contribution < -0.4 is 5.32 Å². The van der Waals surface area contributed by atoms with Gasteiger partial charge in [-0.05, 0) is 37.0 Å². The largest absolute Gasteiger partial charge is 0.390 e. The van der Waals surface area contributed by atoms with E-state index in [2.05, 4.69) is 10.3 Å². The molecule has 0 aliphatic carbocycles. The fraction of sp³-hybridized carbons (Fsp3) is 0.524. The van der Waals surface area contributed by atoms with Crippen molar-refractivity contribution in [2.24, 2.45) is 0 Å². The highest BCUT2D eigenvalue weighted by Crippen LogP contribution is 2.40. The van der Waals surface area contributed by atoms with Gasteiger partial charge in [-0.15, -0.1) is 11.3 Å². The molecule has 2 aromatic rings. The van der Waals surface area contributed by atoms with Crippen molar-refractivity contribution >= 4 is 32.4 Å².